The second-order valence-corrected chi connectivity index (χ2v) is 8.70. The molecule has 4 rings (SSSR count). The minimum Gasteiger partial charge on any atom is -0.464 e. The van der Waals surface area contributed by atoms with Gasteiger partial charge in [-0.15, -0.1) is 0 Å². The van der Waals surface area contributed by atoms with Gasteiger partial charge in [-0.05, 0) is 37.1 Å². The molecule has 1 atom stereocenters. The van der Waals surface area contributed by atoms with Gasteiger partial charge in [-0.3, -0.25) is 4.79 Å². The smallest absolute Gasteiger partial charge is 0.340 e. The molecule has 1 aliphatic heterocycles. The average molecular weight is 387 g/mol. The van der Waals surface area contributed by atoms with E-state index in [4.69, 9.17) is 8.83 Å². The van der Waals surface area contributed by atoms with Crippen LogP contribution in [0, 0.1) is 13.8 Å². The Morgan fingerprint density at radius 2 is 2.00 bits per heavy atom. The quantitative estimate of drug-likeness (QED) is 0.690. The molecule has 0 radical (unpaired) electrons. The second kappa shape index (κ2) is 6.09. The number of rotatable bonds is 3. The number of furan rings is 1. The van der Waals surface area contributed by atoms with E-state index in [1.807, 2.05) is 13.0 Å². The summed E-state index contributed by atoms with van der Waals surface area (Å²) in [5, 5.41) is 5.36. The maximum atomic E-state index is 12.4. The maximum Gasteiger partial charge on any atom is 0.340 e. The van der Waals surface area contributed by atoms with Crippen molar-refractivity contribution in [2.24, 2.45) is 0 Å². The molecule has 140 valence electrons. The van der Waals surface area contributed by atoms with Crippen LogP contribution < -0.4 is 10.9 Å². The van der Waals surface area contributed by atoms with Gasteiger partial charge in [-0.2, -0.15) is 0 Å². The summed E-state index contributed by atoms with van der Waals surface area (Å²) in [4.78, 5) is 24.7. The van der Waals surface area contributed by atoms with Crippen LogP contribution in [0.5, 0.6) is 0 Å². The molecule has 3 heterocycles. The SMILES string of the molecule is Cc1coc2cc3oc(=O)c(CC(=O)NC4C=CS(=O)(=O)C4)c(C)c3cc12. The van der Waals surface area contributed by atoms with E-state index in [9.17, 15) is 18.0 Å². The molecule has 1 unspecified atom stereocenters. The molecule has 0 saturated carbocycles. The second-order valence-electron chi connectivity index (χ2n) is 6.77. The summed E-state index contributed by atoms with van der Waals surface area (Å²) in [5.41, 5.74) is 2.31. The first-order chi connectivity index (χ1) is 12.7. The van der Waals surface area contributed by atoms with E-state index in [2.05, 4.69) is 5.32 Å². The third kappa shape index (κ3) is 3.16. The molecule has 1 amide bonds. The molecule has 0 saturated heterocycles. The average Bonchev–Trinajstić information content (AvgIpc) is 3.12. The lowest BCUT2D eigenvalue weighted by Gasteiger charge is -2.11. The first-order valence-electron chi connectivity index (χ1n) is 8.38. The fourth-order valence-corrected chi connectivity index (χ4v) is 4.56. The predicted molar refractivity (Wildman–Crippen MR) is 100 cm³/mol. The summed E-state index contributed by atoms with van der Waals surface area (Å²) in [6.45, 7) is 3.69. The minimum absolute atomic E-state index is 0.165. The van der Waals surface area contributed by atoms with Gasteiger partial charge in [0.15, 0.2) is 9.84 Å². The monoisotopic (exact) mass is 387 g/mol. The molecule has 1 N–H and O–H groups in total. The van der Waals surface area contributed by atoms with Gasteiger partial charge in [0, 0.05) is 22.2 Å². The number of hydrogen-bond donors (Lipinski definition) is 1. The maximum absolute atomic E-state index is 12.4. The first kappa shape index (κ1) is 17.5. The topological polar surface area (TPSA) is 107 Å². The molecular weight excluding hydrogens is 370 g/mol. The van der Waals surface area contributed by atoms with Crippen LogP contribution in [0.15, 0.2) is 43.5 Å². The summed E-state index contributed by atoms with van der Waals surface area (Å²) in [5.74, 6) is -0.598. The van der Waals surface area contributed by atoms with Crippen molar-refractivity contribution in [1.29, 1.82) is 0 Å². The number of carbonyl (C=O) groups is 1. The lowest BCUT2D eigenvalue weighted by molar-refractivity contribution is -0.120. The van der Waals surface area contributed by atoms with Crippen LogP contribution in [0.2, 0.25) is 0 Å². The van der Waals surface area contributed by atoms with Crippen molar-refractivity contribution >= 4 is 37.7 Å². The zero-order chi connectivity index (χ0) is 19.3. The van der Waals surface area contributed by atoms with Crippen LogP contribution in [-0.4, -0.2) is 26.1 Å². The van der Waals surface area contributed by atoms with Crippen molar-refractivity contribution in [3.63, 3.8) is 0 Å². The standard InChI is InChI=1S/C19H17NO6S/c1-10-8-25-16-7-17-14(5-13(10)16)11(2)15(19(22)26-17)6-18(21)20-12-3-4-27(23,24)9-12/h3-5,7-8,12H,6,9H2,1-2H3,(H,20,21). The molecule has 8 heteroatoms. The van der Waals surface area contributed by atoms with E-state index in [-0.39, 0.29) is 17.7 Å². The van der Waals surface area contributed by atoms with Gasteiger partial charge >= 0.3 is 5.63 Å². The molecule has 0 aliphatic carbocycles. The molecule has 0 spiro atoms. The van der Waals surface area contributed by atoms with Gasteiger partial charge in [-0.1, -0.05) is 0 Å². The zero-order valence-electron chi connectivity index (χ0n) is 14.7. The highest BCUT2D eigenvalue weighted by molar-refractivity contribution is 7.94. The van der Waals surface area contributed by atoms with Crippen LogP contribution >= 0.6 is 0 Å². The number of amides is 1. The third-order valence-electron chi connectivity index (χ3n) is 4.79. The van der Waals surface area contributed by atoms with Gasteiger partial charge in [0.05, 0.1) is 30.0 Å². The number of carbonyl (C=O) groups excluding carboxylic acids is 1. The first-order valence-corrected chi connectivity index (χ1v) is 10.1. The Morgan fingerprint density at radius 3 is 2.70 bits per heavy atom. The van der Waals surface area contributed by atoms with Crippen molar-refractivity contribution < 1.29 is 22.0 Å². The lowest BCUT2D eigenvalue weighted by atomic mass is 10.0. The Bertz CT molecular complexity index is 1280. The van der Waals surface area contributed by atoms with Crippen LogP contribution in [0.4, 0.5) is 0 Å². The molecule has 0 bridgehead atoms. The van der Waals surface area contributed by atoms with Crippen molar-refractivity contribution in [2.75, 3.05) is 5.75 Å². The van der Waals surface area contributed by atoms with Crippen molar-refractivity contribution in [3.05, 3.63) is 57.0 Å². The van der Waals surface area contributed by atoms with Crippen LogP contribution in [0.25, 0.3) is 21.9 Å². The molecular formula is C19H17NO6S. The minimum atomic E-state index is -3.26. The van der Waals surface area contributed by atoms with Crippen LogP contribution in [0.1, 0.15) is 16.7 Å². The Morgan fingerprint density at radius 1 is 1.22 bits per heavy atom. The van der Waals surface area contributed by atoms with Gasteiger partial charge in [0.25, 0.3) is 0 Å². The Labute approximate surface area is 154 Å². The zero-order valence-corrected chi connectivity index (χ0v) is 15.6. The van der Waals surface area contributed by atoms with Crippen molar-refractivity contribution in [1.82, 2.24) is 5.32 Å². The molecule has 1 aromatic carbocycles. The number of benzene rings is 1. The number of fused-ring (bicyclic) bond motifs is 2. The fourth-order valence-electron chi connectivity index (χ4n) is 3.33. The van der Waals surface area contributed by atoms with Gasteiger partial charge in [-0.25, -0.2) is 13.2 Å². The van der Waals surface area contributed by atoms with E-state index < -0.39 is 27.4 Å². The Kier molecular flexibility index (Phi) is 3.96. The number of nitrogens with one attached hydrogen (secondary N) is 1. The van der Waals surface area contributed by atoms with E-state index in [1.54, 1.807) is 19.3 Å². The molecule has 1 aliphatic rings. The largest absolute Gasteiger partial charge is 0.464 e. The van der Waals surface area contributed by atoms with Gasteiger partial charge in [0.1, 0.15) is 11.2 Å². The Balaban J connectivity index is 1.68. The highest BCUT2D eigenvalue weighted by Gasteiger charge is 2.24. The molecule has 0 fully saturated rings. The highest BCUT2D eigenvalue weighted by Crippen LogP contribution is 2.28. The summed E-state index contributed by atoms with van der Waals surface area (Å²) in [6, 6.07) is 2.98. The lowest BCUT2D eigenvalue weighted by Crippen LogP contribution is -2.37. The number of sulfone groups is 1. The molecule has 7 nitrogen and oxygen atoms in total. The van der Waals surface area contributed by atoms with E-state index in [0.717, 1.165) is 21.7 Å². The summed E-state index contributed by atoms with van der Waals surface area (Å²) < 4.78 is 33.7. The van der Waals surface area contributed by atoms with Gasteiger partial charge in [0.2, 0.25) is 5.91 Å². The van der Waals surface area contributed by atoms with Crippen LogP contribution in [0.3, 0.4) is 0 Å². The number of hydrogen-bond acceptors (Lipinski definition) is 6. The molecule has 2 aromatic heterocycles. The molecule has 27 heavy (non-hydrogen) atoms. The summed E-state index contributed by atoms with van der Waals surface area (Å²) in [6.07, 6.45) is 2.88. The van der Waals surface area contributed by atoms with E-state index >= 15 is 0 Å². The van der Waals surface area contributed by atoms with E-state index in [1.165, 1.54) is 6.08 Å². The van der Waals surface area contributed by atoms with Gasteiger partial charge < -0.3 is 14.2 Å². The fraction of sp³-hybridized carbons (Fsp3) is 0.263. The van der Waals surface area contributed by atoms with Crippen LogP contribution in [-0.2, 0) is 21.1 Å². The third-order valence-corrected chi connectivity index (χ3v) is 6.18. The predicted octanol–water partition coefficient (Wildman–Crippen LogP) is 2.13. The number of aryl methyl sites for hydroxylation is 2. The Hall–Kier alpha value is -2.87. The van der Waals surface area contributed by atoms with Crippen molar-refractivity contribution in [2.45, 2.75) is 26.3 Å². The molecule has 3 aromatic rings. The summed E-state index contributed by atoms with van der Waals surface area (Å²) >= 11 is 0. The highest BCUT2D eigenvalue weighted by atomic mass is 32.2. The van der Waals surface area contributed by atoms with Crippen molar-refractivity contribution in [3.8, 4) is 0 Å². The normalized spacial score (nSPS) is 18.4. The van der Waals surface area contributed by atoms with E-state index in [0.29, 0.717) is 16.7 Å². The summed E-state index contributed by atoms with van der Waals surface area (Å²) in [7, 11) is -3.26.